The molecule has 0 radical (unpaired) electrons. The van der Waals surface area contributed by atoms with E-state index in [9.17, 15) is 4.79 Å². The first kappa shape index (κ1) is 12.2. The van der Waals surface area contributed by atoms with Crippen molar-refractivity contribution in [3.05, 3.63) is 28.8 Å². The Bertz CT molecular complexity index is 416. The number of carbonyl (C=O) groups is 1. The van der Waals surface area contributed by atoms with Gasteiger partial charge in [-0.3, -0.25) is 4.79 Å². The second-order valence-corrected chi connectivity index (χ2v) is 4.10. The van der Waals surface area contributed by atoms with Crippen LogP contribution in [0.15, 0.2) is 18.2 Å². The van der Waals surface area contributed by atoms with Crippen LogP contribution in [0.2, 0.25) is 5.02 Å². The van der Waals surface area contributed by atoms with Crippen molar-refractivity contribution in [2.45, 2.75) is 0 Å². The van der Waals surface area contributed by atoms with Gasteiger partial charge in [-0.1, -0.05) is 17.7 Å². The Labute approximate surface area is 105 Å². The van der Waals surface area contributed by atoms with Crippen LogP contribution in [0.4, 0.5) is 0 Å². The van der Waals surface area contributed by atoms with E-state index in [2.05, 4.69) is 0 Å². The zero-order chi connectivity index (χ0) is 12.3. The number of rotatable bonds is 2. The second kappa shape index (κ2) is 5.38. The van der Waals surface area contributed by atoms with Crippen molar-refractivity contribution in [1.29, 1.82) is 0 Å². The van der Waals surface area contributed by atoms with Crippen molar-refractivity contribution < 1.29 is 14.3 Å². The second-order valence-electron chi connectivity index (χ2n) is 3.73. The maximum atomic E-state index is 12.2. The number of carbonyl (C=O) groups excluding carboxylic acids is 1. The molecule has 0 spiro atoms. The van der Waals surface area contributed by atoms with Crippen LogP contribution in [-0.2, 0) is 4.74 Å². The zero-order valence-corrected chi connectivity index (χ0v) is 10.4. The summed E-state index contributed by atoms with van der Waals surface area (Å²) in [6.07, 6.45) is 0. The van der Waals surface area contributed by atoms with Crippen molar-refractivity contribution in [3.8, 4) is 5.75 Å². The first-order valence-electron chi connectivity index (χ1n) is 5.43. The molecule has 2 rings (SSSR count). The van der Waals surface area contributed by atoms with E-state index in [1.54, 1.807) is 23.1 Å². The molecule has 0 atom stereocenters. The molecule has 1 fully saturated rings. The van der Waals surface area contributed by atoms with Gasteiger partial charge in [-0.15, -0.1) is 0 Å². The maximum Gasteiger partial charge on any atom is 0.255 e. The normalized spacial score (nSPS) is 15.8. The van der Waals surface area contributed by atoms with Gasteiger partial charge in [-0.25, -0.2) is 0 Å². The Hall–Kier alpha value is -1.26. The van der Waals surface area contributed by atoms with Crippen LogP contribution < -0.4 is 4.74 Å². The van der Waals surface area contributed by atoms with Crippen LogP contribution in [0.3, 0.4) is 0 Å². The molecule has 1 saturated heterocycles. The fraction of sp³-hybridized carbons (Fsp3) is 0.417. The smallest absolute Gasteiger partial charge is 0.255 e. The van der Waals surface area contributed by atoms with Gasteiger partial charge in [0.15, 0.2) is 0 Å². The molecule has 1 aromatic rings. The highest BCUT2D eigenvalue weighted by Gasteiger charge is 2.21. The molecule has 0 saturated carbocycles. The number of methoxy groups -OCH3 is 1. The molecule has 0 aliphatic carbocycles. The molecular weight excluding hydrogens is 242 g/mol. The Balaban J connectivity index is 2.23. The molecule has 5 heteroatoms. The highest BCUT2D eigenvalue weighted by Crippen LogP contribution is 2.28. The van der Waals surface area contributed by atoms with E-state index in [1.165, 1.54) is 7.11 Å². The summed E-state index contributed by atoms with van der Waals surface area (Å²) < 4.78 is 10.3. The lowest BCUT2D eigenvalue weighted by molar-refractivity contribution is 0.0303. The molecule has 1 heterocycles. The zero-order valence-electron chi connectivity index (χ0n) is 9.61. The van der Waals surface area contributed by atoms with E-state index < -0.39 is 0 Å². The number of halogens is 1. The van der Waals surface area contributed by atoms with Crippen molar-refractivity contribution in [2.24, 2.45) is 0 Å². The Morgan fingerprint density at radius 2 is 2.12 bits per heavy atom. The minimum atomic E-state index is -0.0720. The van der Waals surface area contributed by atoms with Crippen molar-refractivity contribution >= 4 is 17.5 Å². The number of hydrogen-bond acceptors (Lipinski definition) is 3. The van der Waals surface area contributed by atoms with Crippen molar-refractivity contribution in [1.82, 2.24) is 4.90 Å². The van der Waals surface area contributed by atoms with Gasteiger partial charge in [0, 0.05) is 13.1 Å². The molecule has 1 aliphatic heterocycles. The summed E-state index contributed by atoms with van der Waals surface area (Å²) in [4.78, 5) is 14.0. The van der Waals surface area contributed by atoms with Gasteiger partial charge in [-0.05, 0) is 12.1 Å². The number of benzene rings is 1. The Kier molecular flexibility index (Phi) is 3.86. The van der Waals surface area contributed by atoms with Crippen LogP contribution in [0, 0.1) is 0 Å². The topological polar surface area (TPSA) is 38.8 Å². The summed E-state index contributed by atoms with van der Waals surface area (Å²) >= 11 is 6.12. The predicted molar refractivity (Wildman–Crippen MR) is 64.7 cm³/mol. The number of amides is 1. The minimum absolute atomic E-state index is 0.0720. The van der Waals surface area contributed by atoms with Gasteiger partial charge < -0.3 is 14.4 Å². The molecular formula is C12H14ClNO3. The number of morpholine rings is 1. The van der Waals surface area contributed by atoms with Gasteiger partial charge in [0.25, 0.3) is 5.91 Å². The third-order valence-electron chi connectivity index (χ3n) is 2.71. The minimum Gasteiger partial charge on any atom is -0.495 e. The molecule has 17 heavy (non-hydrogen) atoms. The van der Waals surface area contributed by atoms with Crippen LogP contribution in [0.5, 0.6) is 5.75 Å². The SMILES string of the molecule is COc1cccc(C(=O)N2CCOCC2)c1Cl. The third-order valence-corrected chi connectivity index (χ3v) is 3.10. The van der Waals surface area contributed by atoms with E-state index in [4.69, 9.17) is 21.1 Å². The van der Waals surface area contributed by atoms with Gasteiger partial charge in [0.05, 0.1) is 30.9 Å². The van der Waals surface area contributed by atoms with E-state index in [1.807, 2.05) is 0 Å². The van der Waals surface area contributed by atoms with Crippen LogP contribution >= 0.6 is 11.6 Å². The lowest BCUT2D eigenvalue weighted by Gasteiger charge is -2.27. The Morgan fingerprint density at radius 1 is 1.41 bits per heavy atom. The van der Waals surface area contributed by atoms with Gasteiger partial charge in [0.2, 0.25) is 0 Å². The quantitative estimate of drug-likeness (QED) is 0.809. The molecule has 4 nitrogen and oxygen atoms in total. The van der Waals surface area contributed by atoms with Gasteiger partial charge in [-0.2, -0.15) is 0 Å². The summed E-state index contributed by atoms with van der Waals surface area (Å²) in [6, 6.07) is 5.21. The maximum absolute atomic E-state index is 12.2. The monoisotopic (exact) mass is 255 g/mol. The molecule has 0 bridgehead atoms. The average Bonchev–Trinajstić information content (AvgIpc) is 2.39. The van der Waals surface area contributed by atoms with Crippen molar-refractivity contribution in [3.63, 3.8) is 0 Å². The summed E-state index contributed by atoms with van der Waals surface area (Å²) in [6.45, 7) is 2.36. The molecule has 0 unspecified atom stereocenters. The molecule has 1 aliphatic rings. The van der Waals surface area contributed by atoms with E-state index in [0.29, 0.717) is 42.6 Å². The number of ether oxygens (including phenoxy) is 2. The predicted octanol–water partition coefficient (Wildman–Crippen LogP) is 1.82. The summed E-state index contributed by atoms with van der Waals surface area (Å²) in [5, 5.41) is 0.367. The van der Waals surface area contributed by atoms with Crippen LogP contribution in [0.1, 0.15) is 10.4 Å². The van der Waals surface area contributed by atoms with E-state index >= 15 is 0 Å². The summed E-state index contributed by atoms with van der Waals surface area (Å²) in [5.74, 6) is 0.447. The summed E-state index contributed by atoms with van der Waals surface area (Å²) in [7, 11) is 1.53. The highest BCUT2D eigenvalue weighted by atomic mass is 35.5. The molecule has 92 valence electrons. The largest absolute Gasteiger partial charge is 0.495 e. The Morgan fingerprint density at radius 3 is 2.76 bits per heavy atom. The lowest BCUT2D eigenvalue weighted by atomic mass is 10.1. The number of nitrogens with zero attached hydrogens (tertiary/aromatic N) is 1. The van der Waals surface area contributed by atoms with E-state index in [-0.39, 0.29) is 5.91 Å². The molecule has 1 amide bonds. The third kappa shape index (κ3) is 2.53. The first-order chi connectivity index (χ1) is 8.24. The number of hydrogen-bond donors (Lipinski definition) is 0. The standard InChI is InChI=1S/C12H14ClNO3/c1-16-10-4-2-3-9(11(10)13)12(15)14-5-7-17-8-6-14/h2-4H,5-8H2,1H3. The first-order valence-corrected chi connectivity index (χ1v) is 5.81. The van der Waals surface area contributed by atoms with E-state index in [0.717, 1.165) is 0 Å². The van der Waals surface area contributed by atoms with Crippen LogP contribution in [-0.4, -0.2) is 44.2 Å². The fourth-order valence-electron chi connectivity index (χ4n) is 1.77. The molecule has 1 aromatic carbocycles. The fourth-order valence-corrected chi connectivity index (χ4v) is 2.05. The van der Waals surface area contributed by atoms with Gasteiger partial charge >= 0.3 is 0 Å². The van der Waals surface area contributed by atoms with Gasteiger partial charge in [0.1, 0.15) is 5.75 Å². The van der Waals surface area contributed by atoms with Crippen LogP contribution in [0.25, 0.3) is 0 Å². The highest BCUT2D eigenvalue weighted by molar-refractivity contribution is 6.35. The molecule has 0 N–H and O–H groups in total. The average molecular weight is 256 g/mol. The molecule has 0 aromatic heterocycles. The van der Waals surface area contributed by atoms with Crippen molar-refractivity contribution in [2.75, 3.05) is 33.4 Å². The lowest BCUT2D eigenvalue weighted by Crippen LogP contribution is -2.40. The summed E-state index contributed by atoms with van der Waals surface area (Å²) in [5.41, 5.74) is 0.480.